The maximum atomic E-state index is 12.9. The van der Waals surface area contributed by atoms with Crippen molar-refractivity contribution < 1.29 is 9.18 Å². The lowest BCUT2D eigenvalue weighted by Gasteiger charge is -2.10. The number of halogens is 1. The molecule has 0 fully saturated rings. The van der Waals surface area contributed by atoms with Gasteiger partial charge in [0.05, 0.1) is 11.1 Å². The van der Waals surface area contributed by atoms with Gasteiger partial charge in [0, 0.05) is 17.1 Å². The number of aryl methyl sites for hydroxylation is 2. The smallest absolute Gasteiger partial charge is 0.263 e. The van der Waals surface area contributed by atoms with Crippen molar-refractivity contribution in [3.63, 3.8) is 0 Å². The minimum absolute atomic E-state index is 0.0108. The number of carbonyl (C=O) groups excluding carboxylic acids is 1. The highest BCUT2D eigenvalue weighted by Crippen LogP contribution is 2.35. The number of thiophene rings is 1. The van der Waals surface area contributed by atoms with Gasteiger partial charge in [0.25, 0.3) is 5.56 Å². The molecule has 8 heteroatoms. The summed E-state index contributed by atoms with van der Waals surface area (Å²) in [5.41, 5.74) is 1.69. The summed E-state index contributed by atoms with van der Waals surface area (Å²) in [7, 11) is 0. The van der Waals surface area contributed by atoms with Crippen LogP contribution in [0.15, 0.2) is 34.2 Å². The first-order chi connectivity index (χ1) is 13.1. The Balaban J connectivity index is 1.55. The van der Waals surface area contributed by atoms with Crippen LogP contribution in [0.4, 0.5) is 10.1 Å². The second-order valence-corrected chi connectivity index (χ2v) is 8.35. The lowest BCUT2D eigenvalue weighted by molar-refractivity contribution is -0.113. The van der Waals surface area contributed by atoms with Crippen molar-refractivity contribution >= 4 is 44.9 Å². The van der Waals surface area contributed by atoms with E-state index < -0.39 is 0 Å². The molecule has 0 radical (unpaired) electrons. The molecule has 0 saturated carbocycles. The third-order valence-corrected chi connectivity index (χ3v) is 6.73. The number of rotatable bonds is 5. The number of carbonyl (C=O) groups is 1. The van der Waals surface area contributed by atoms with Crippen LogP contribution in [0.3, 0.4) is 0 Å². The number of aromatic nitrogens is 2. The number of hydrogen-bond donors (Lipinski definition) is 1. The first kappa shape index (κ1) is 18.2. The van der Waals surface area contributed by atoms with E-state index in [1.807, 2.05) is 6.92 Å². The lowest BCUT2D eigenvalue weighted by Crippen LogP contribution is -2.23. The van der Waals surface area contributed by atoms with Crippen LogP contribution in [-0.4, -0.2) is 21.2 Å². The van der Waals surface area contributed by atoms with Crippen LogP contribution in [0.25, 0.3) is 10.2 Å². The van der Waals surface area contributed by atoms with Gasteiger partial charge in [-0.05, 0) is 56.0 Å². The minimum Gasteiger partial charge on any atom is -0.325 e. The summed E-state index contributed by atoms with van der Waals surface area (Å²) in [5.74, 6) is -0.451. The van der Waals surface area contributed by atoms with E-state index in [0.29, 0.717) is 17.4 Å². The topological polar surface area (TPSA) is 64.0 Å². The van der Waals surface area contributed by atoms with E-state index in [-0.39, 0.29) is 23.0 Å². The summed E-state index contributed by atoms with van der Waals surface area (Å²) in [5, 5.41) is 4.04. The normalized spacial score (nSPS) is 13.1. The molecule has 1 aromatic carbocycles. The number of benzene rings is 1. The van der Waals surface area contributed by atoms with Crippen molar-refractivity contribution in [2.75, 3.05) is 11.1 Å². The summed E-state index contributed by atoms with van der Waals surface area (Å²) in [4.78, 5) is 31.9. The number of fused-ring (bicyclic) bond motifs is 3. The minimum atomic E-state index is -0.352. The van der Waals surface area contributed by atoms with Crippen molar-refractivity contribution in [3.05, 3.63) is 50.9 Å². The van der Waals surface area contributed by atoms with Crippen LogP contribution in [0, 0.1) is 5.82 Å². The van der Waals surface area contributed by atoms with Crippen LogP contribution in [-0.2, 0) is 24.2 Å². The van der Waals surface area contributed by atoms with Crippen molar-refractivity contribution in [2.24, 2.45) is 0 Å². The molecular formula is C19H18FN3O2S2. The second-order valence-electron chi connectivity index (χ2n) is 6.33. The molecule has 0 unspecified atom stereocenters. The predicted octanol–water partition coefficient (Wildman–Crippen LogP) is 3.84. The molecule has 1 aliphatic carbocycles. The van der Waals surface area contributed by atoms with E-state index in [4.69, 9.17) is 0 Å². The fourth-order valence-electron chi connectivity index (χ4n) is 3.31. The fourth-order valence-corrected chi connectivity index (χ4v) is 5.47. The van der Waals surface area contributed by atoms with Crippen molar-refractivity contribution in [1.29, 1.82) is 0 Å². The Labute approximate surface area is 163 Å². The largest absolute Gasteiger partial charge is 0.325 e. The number of hydrogen-bond acceptors (Lipinski definition) is 5. The molecule has 3 aromatic rings. The standard InChI is InChI=1S/C19H18FN3O2S2/c1-2-23-18(25)16-13-4-3-5-14(13)27-17(16)22-19(23)26-10-15(24)21-12-8-6-11(20)7-9-12/h6-9H,2-5,10H2,1H3,(H,21,24). The SMILES string of the molecule is CCn1c(SCC(=O)Nc2ccc(F)cc2)nc2sc3c(c2c1=O)CCC3. The molecule has 2 aromatic heterocycles. The van der Waals surface area contributed by atoms with Gasteiger partial charge in [0.1, 0.15) is 10.6 Å². The molecule has 4 rings (SSSR count). The zero-order chi connectivity index (χ0) is 19.0. The molecule has 1 N–H and O–H groups in total. The molecule has 5 nitrogen and oxygen atoms in total. The summed E-state index contributed by atoms with van der Waals surface area (Å²) in [6.07, 6.45) is 3.07. The summed E-state index contributed by atoms with van der Waals surface area (Å²) < 4.78 is 14.6. The molecule has 0 saturated heterocycles. The van der Waals surface area contributed by atoms with Crippen molar-refractivity contribution in [1.82, 2.24) is 9.55 Å². The van der Waals surface area contributed by atoms with Crippen LogP contribution >= 0.6 is 23.1 Å². The molecule has 2 heterocycles. The average molecular weight is 404 g/mol. The summed E-state index contributed by atoms with van der Waals surface area (Å²) in [6.45, 7) is 2.42. The summed E-state index contributed by atoms with van der Waals surface area (Å²) >= 11 is 2.84. The molecule has 0 bridgehead atoms. The monoisotopic (exact) mass is 403 g/mol. The van der Waals surface area contributed by atoms with Gasteiger partial charge in [-0.1, -0.05) is 11.8 Å². The van der Waals surface area contributed by atoms with E-state index >= 15 is 0 Å². The lowest BCUT2D eigenvalue weighted by atomic mass is 10.2. The molecule has 0 aliphatic heterocycles. The van der Waals surface area contributed by atoms with Crippen LogP contribution in [0.5, 0.6) is 0 Å². The van der Waals surface area contributed by atoms with E-state index in [1.165, 1.54) is 46.5 Å². The highest BCUT2D eigenvalue weighted by molar-refractivity contribution is 7.99. The molecule has 27 heavy (non-hydrogen) atoms. The van der Waals surface area contributed by atoms with E-state index in [1.54, 1.807) is 15.9 Å². The van der Waals surface area contributed by atoms with Gasteiger partial charge in [-0.2, -0.15) is 0 Å². The maximum Gasteiger partial charge on any atom is 0.263 e. The van der Waals surface area contributed by atoms with Gasteiger partial charge >= 0.3 is 0 Å². The van der Waals surface area contributed by atoms with Crippen molar-refractivity contribution in [2.45, 2.75) is 37.9 Å². The van der Waals surface area contributed by atoms with Gasteiger partial charge < -0.3 is 5.32 Å². The number of nitrogens with zero attached hydrogens (tertiary/aromatic N) is 2. The third kappa shape index (κ3) is 3.51. The summed E-state index contributed by atoms with van der Waals surface area (Å²) in [6, 6.07) is 5.61. The molecule has 0 atom stereocenters. The third-order valence-electron chi connectivity index (χ3n) is 4.57. The number of anilines is 1. The van der Waals surface area contributed by atoms with Crippen LogP contribution in [0.2, 0.25) is 0 Å². The van der Waals surface area contributed by atoms with E-state index in [0.717, 1.165) is 29.5 Å². The fraction of sp³-hybridized carbons (Fsp3) is 0.316. The van der Waals surface area contributed by atoms with E-state index in [9.17, 15) is 14.0 Å². The molecule has 1 aliphatic rings. The Hall–Kier alpha value is -2.19. The van der Waals surface area contributed by atoms with Gasteiger partial charge in [0.15, 0.2) is 5.16 Å². The highest BCUT2D eigenvalue weighted by Gasteiger charge is 2.23. The zero-order valence-corrected chi connectivity index (χ0v) is 16.4. The average Bonchev–Trinajstić information content (AvgIpc) is 3.22. The number of nitrogens with one attached hydrogen (secondary N) is 1. The van der Waals surface area contributed by atoms with Crippen molar-refractivity contribution in [3.8, 4) is 0 Å². The molecule has 1 amide bonds. The Morgan fingerprint density at radius 3 is 2.85 bits per heavy atom. The molecular weight excluding hydrogens is 385 g/mol. The highest BCUT2D eigenvalue weighted by atomic mass is 32.2. The van der Waals surface area contributed by atoms with Gasteiger partial charge in [-0.15, -0.1) is 11.3 Å². The number of amides is 1. The van der Waals surface area contributed by atoms with Gasteiger partial charge in [-0.3, -0.25) is 14.2 Å². The Morgan fingerprint density at radius 2 is 2.11 bits per heavy atom. The van der Waals surface area contributed by atoms with Crippen LogP contribution in [0.1, 0.15) is 23.8 Å². The first-order valence-electron chi connectivity index (χ1n) is 8.80. The molecule has 0 spiro atoms. The molecule has 140 valence electrons. The van der Waals surface area contributed by atoms with E-state index in [2.05, 4.69) is 10.3 Å². The zero-order valence-electron chi connectivity index (χ0n) is 14.8. The number of thioether (sulfide) groups is 1. The van der Waals surface area contributed by atoms with Gasteiger partial charge in [0.2, 0.25) is 5.91 Å². The Bertz CT molecular complexity index is 1070. The second kappa shape index (κ2) is 7.44. The Morgan fingerprint density at radius 1 is 1.33 bits per heavy atom. The van der Waals surface area contributed by atoms with Crippen LogP contribution < -0.4 is 10.9 Å². The quantitative estimate of drug-likeness (QED) is 0.519. The predicted molar refractivity (Wildman–Crippen MR) is 107 cm³/mol. The maximum absolute atomic E-state index is 12.9. The Kier molecular flexibility index (Phi) is 5.01. The first-order valence-corrected chi connectivity index (χ1v) is 10.6. The van der Waals surface area contributed by atoms with Gasteiger partial charge in [-0.25, -0.2) is 9.37 Å².